The van der Waals surface area contributed by atoms with E-state index in [1.54, 1.807) is 0 Å². The lowest BCUT2D eigenvalue weighted by Gasteiger charge is -2.41. The smallest absolute Gasteiger partial charge is 0.229 e. The fourth-order valence-electron chi connectivity index (χ4n) is 3.35. The van der Waals surface area contributed by atoms with Crippen LogP contribution in [0.4, 0.5) is 0 Å². The van der Waals surface area contributed by atoms with E-state index in [-0.39, 0.29) is 30.2 Å². The number of nitrogens with one attached hydrogen (secondary N) is 1. The third-order valence-electron chi connectivity index (χ3n) is 4.78. The molecule has 0 aromatic rings. The molecule has 0 bridgehead atoms. The molecule has 0 radical (unpaired) electrons. The first-order valence-electron chi connectivity index (χ1n) is 7.43. The fraction of sp³-hybridized carbons (Fsp3) is 0.929. The van der Waals surface area contributed by atoms with Crippen molar-refractivity contribution >= 4 is 30.7 Å². The molecule has 2 saturated heterocycles. The minimum absolute atomic E-state index is 0. The summed E-state index contributed by atoms with van der Waals surface area (Å²) in [5.74, 6) is 0.380. The number of rotatable bonds is 2. The van der Waals surface area contributed by atoms with Gasteiger partial charge >= 0.3 is 0 Å². The number of hydrogen-bond donors (Lipinski definition) is 1. The first-order valence-corrected chi connectivity index (χ1v) is 7.43. The molecule has 20 heavy (non-hydrogen) atoms. The van der Waals surface area contributed by atoms with Crippen molar-refractivity contribution in [2.75, 3.05) is 39.3 Å². The Kier molecular flexibility index (Phi) is 6.58. The molecule has 3 fully saturated rings. The van der Waals surface area contributed by atoms with Gasteiger partial charge in [0.2, 0.25) is 5.91 Å². The lowest BCUT2D eigenvalue weighted by Crippen LogP contribution is -2.56. The maximum absolute atomic E-state index is 12.6. The molecule has 1 atom stereocenters. The summed E-state index contributed by atoms with van der Waals surface area (Å²) >= 11 is 0. The highest BCUT2D eigenvalue weighted by atomic mass is 35.5. The van der Waals surface area contributed by atoms with Crippen molar-refractivity contribution in [2.24, 2.45) is 5.41 Å². The molecule has 0 spiro atoms. The molecular formula is C14H27Cl2N3O. The Balaban J connectivity index is 0.000001000. The molecule has 4 nitrogen and oxygen atoms in total. The van der Waals surface area contributed by atoms with Gasteiger partial charge in [0.25, 0.3) is 0 Å². The fourth-order valence-corrected chi connectivity index (χ4v) is 3.35. The molecule has 2 heterocycles. The Morgan fingerprint density at radius 1 is 1.15 bits per heavy atom. The van der Waals surface area contributed by atoms with Crippen LogP contribution >= 0.6 is 24.8 Å². The summed E-state index contributed by atoms with van der Waals surface area (Å²) < 4.78 is 0. The third-order valence-corrected chi connectivity index (χ3v) is 4.78. The van der Waals surface area contributed by atoms with Crippen LogP contribution in [0.2, 0.25) is 0 Å². The zero-order chi connectivity index (χ0) is 12.6. The van der Waals surface area contributed by atoms with Crippen LogP contribution in [0.3, 0.4) is 0 Å². The summed E-state index contributed by atoms with van der Waals surface area (Å²) in [5.41, 5.74) is -0.153. The molecule has 1 aliphatic carbocycles. The minimum Gasteiger partial charge on any atom is -0.340 e. The molecule has 1 N–H and O–H groups in total. The van der Waals surface area contributed by atoms with Crippen molar-refractivity contribution in [3.63, 3.8) is 0 Å². The second-order valence-corrected chi connectivity index (χ2v) is 6.40. The van der Waals surface area contributed by atoms with E-state index in [2.05, 4.69) is 22.0 Å². The van der Waals surface area contributed by atoms with Gasteiger partial charge in [-0.25, -0.2) is 0 Å². The number of halogens is 2. The first-order chi connectivity index (χ1) is 8.69. The van der Waals surface area contributed by atoms with E-state index in [4.69, 9.17) is 0 Å². The molecular weight excluding hydrogens is 297 g/mol. The Morgan fingerprint density at radius 2 is 1.80 bits per heavy atom. The quantitative estimate of drug-likeness (QED) is 0.837. The summed E-state index contributed by atoms with van der Waals surface area (Å²) in [7, 11) is 0. The van der Waals surface area contributed by atoms with Gasteiger partial charge in [0.15, 0.2) is 0 Å². The largest absolute Gasteiger partial charge is 0.340 e. The molecule has 3 aliphatic rings. The summed E-state index contributed by atoms with van der Waals surface area (Å²) in [4.78, 5) is 17.3. The summed E-state index contributed by atoms with van der Waals surface area (Å²) in [5, 5.41) is 3.37. The Bertz CT molecular complexity index is 322. The van der Waals surface area contributed by atoms with Crippen molar-refractivity contribution in [3.8, 4) is 0 Å². The molecule has 0 aromatic carbocycles. The molecule has 0 aromatic heterocycles. The number of carbonyl (C=O) groups excluding carboxylic acids is 1. The molecule has 118 valence electrons. The van der Waals surface area contributed by atoms with Gasteiger partial charge in [-0.15, -0.1) is 24.8 Å². The molecule has 1 unspecified atom stereocenters. The highest BCUT2D eigenvalue weighted by Gasteiger charge is 2.39. The normalized spacial score (nSPS) is 31.1. The van der Waals surface area contributed by atoms with Crippen LogP contribution in [-0.2, 0) is 4.79 Å². The number of piperidine rings is 1. The number of nitrogens with zero attached hydrogens (tertiary/aromatic N) is 2. The van der Waals surface area contributed by atoms with Crippen LogP contribution in [0.25, 0.3) is 0 Å². The van der Waals surface area contributed by atoms with Gasteiger partial charge in [0, 0.05) is 38.8 Å². The van der Waals surface area contributed by atoms with E-state index in [1.165, 1.54) is 12.8 Å². The van der Waals surface area contributed by atoms with Crippen molar-refractivity contribution in [1.82, 2.24) is 15.1 Å². The number of amides is 1. The second-order valence-electron chi connectivity index (χ2n) is 6.40. The van der Waals surface area contributed by atoms with E-state index in [9.17, 15) is 4.79 Å². The van der Waals surface area contributed by atoms with Crippen molar-refractivity contribution in [1.29, 1.82) is 0 Å². The average Bonchev–Trinajstić information content (AvgIpc) is 3.23. The van der Waals surface area contributed by atoms with E-state index < -0.39 is 0 Å². The van der Waals surface area contributed by atoms with Gasteiger partial charge in [-0.2, -0.15) is 0 Å². The monoisotopic (exact) mass is 323 g/mol. The van der Waals surface area contributed by atoms with Gasteiger partial charge in [-0.3, -0.25) is 9.69 Å². The van der Waals surface area contributed by atoms with Crippen LogP contribution < -0.4 is 5.32 Å². The Hall–Kier alpha value is -0.0300. The second kappa shape index (κ2) is 7.30. The lowest BCUT2D eigenvalue weighted by molar-refractivity contribution is -0.144. The van der Waals surface area contributed by atoms with Gasteiger partial charge in [-0.1, -0.05) is 0 Å². The molecule has 2 aliphatic heterocycles. The third kappa shape index (κ3) is 3.79. The van der Waals surface area contributed by atoms with Crippen molar-refractivity contribution < 1.29 is 4.79 Å². The zero-order valence-corrected chi connectivity index (χ0v) is 13.9. The predicted octanol–water partition coefficient (Wildman–Crippen LogP) is 1.53. The van der Waals surface area contributed by atoms with Crippen LogP contribution in [-0.4, -0.2) is 61.0 Å². The van der Waals surface area contributed by atoms with Crippen LogP contribution in [0.1, 0.15) is 32.6 Å². The van der Waals surface area contributed by atoms with E-state index in [1.807, 2.05) is 0 Å². The van der Waals surface area contributed by atoms with Crippen molar-refractivity contribution in [2.45, 2.75) is 38.6 Å². The Morgan fingerprint density at radius 3 is 2.30 bits per heavy atom. The number of carbonyl (C=O) groups is 1. The number of hydrogen-bond acceptors (Lipinski definition) is 3. The van der Waals surface area contributed by atoms with Crippen LogP contribution in [0, 0.1) is 5.41 Å². The van der Waals surface area contributed by atoms with Gasteiger partial charge in [0.05, 0.1) is 5.41 Å². The van der Waals surface area contributed by atoms with Crippen molar-refractivity contribution in [3.05, 3.63) is 0 Å². The van der Waals surface area contributed by atoms with E-state index >= 15 is 0 Å². The van der Waals surface area contributed by atoms with E-state index in [0.717, 1.165) is 58.2 Å². The highest BCUT2D eigenvalue weighted by molar-refractivity contribution is 5.85. The van der Waals surface area contributed by atoms with E-state index in [0.29, 0.717) is 5.91 Å². The maximum Gasteiger partial charge on any atom is 0.229 e. The lowest BCUT2D eigenvalue weighted by atomic mass is 9.81. The summed E-state index contributed by atoms with van der Waals surface area (Å²) in [6, 6.07) is 0.842. The SMILES string of the molecule is CC1(C(=O)N2CCN(C3CC3)CC2)CCCNC1.Cl.Cl. The molecule has 1 saturated carbocycles. The summed E-state index contributed by atoms with van der Waals surface area (Å²) in [6.07, 6.45) is 4.91. The zero-order valence-electron chi connectivity index (χ0n) is 12.3. The molecule has 1 amide bonds. The van der Waals surface area contributed by atoms with Crippen LogP contribution in [0.15, 0.2) is 0 Å². The van der Waals surface area contributed by atoms with Gasteiger partial charge < -0.3 is 10.2 Å². The standard InChI is InChI=1S/C14H25N3O.2ClH/c1-14(5-2-6-15-11-14)13(18)17-9-7-16(8-10-17)12-3-4-12;;/h12,15H,2-11H2,1H3;2*1H. The van der Waals surface area contributed by atoms with Crippen LogP contribution in [0.5, 0.6) is 0 Å². The Labute approximate surface area is 134 Å². The highest BCUT2D eigenvalue weighted by Crippen LogP contribution is 2.30. The molecule has 6 heteroatoms. The number of piperazine rings is 1. The van der Waals surface area contributed by atoms with Gasteiger partial charge in [-0.05, 0) is 39.2 Å². The topological polar surface area (TPSA) is 35.6 Å². The maximum atomic E-state index is 12.6. The van der Waals surface area contributed by atoms with Gasteiger partial charge in [0.1, 0.15) is 0 Å². The average molecular weight is 324 g/mol. The molecule has 3 rings (SSSR count). The summed E-state index contributed by atoms with van der Waals surface area (Å²) in [6.45, 7) is 8.09. The first kappa shape index (κ1) is 18.0. The minimum atomic E-state index is -0.153. The predicted molar refractivity (Wildman–Crippen MR) is 85.9 cm³/mol.